The third-order valence-corrected chi connectivity index (χ3v) is 3.31. The van der Waals surface area contributed by atoms with E-state index < -0.39 is 5.91 Å². The van der Waals surface area contributed by atoms with Gasteiger partial charge in [0.25, 0.3) is 5.91 Å². The van der Waals surface area contributed by atoms with Crippen LogP contribution in [-0.4, -0.2) is 25.8 Å². The molecule has 0 saturated heterocycles. The molecule has 3 rings (SSSR count). The highest BCUT2D eigenvalue weighted by Crippen LogP contribution is 2.35. The number of benzene rings is 1. The number of hydrogen-bond donors (Lipinski definition) is 2. The molecule has 3 aromatic rings. The minimum atomic E-state index is -0.434. The average Bonchev–Trinajstić information content (AvgIpc) is 2.95. The maximum Gasteiger partial charge on any atom is 0.286 e. The third-order valence-electron chi connectivity index (χ3n) is 3.31. The van der Waals surface area contributed by atoms with E-state index >= 15 is 0 Å². The summed E-state index contributed by atoms with van der Waals surface area (Å²) in [4.78, 5) is 14.7. The van der Waals surface area contributed by atoms with Crippen molar-refractivity contribution in [3.63, 3.8) is 0 Å². The molecule has 0 aliphatic carbocycles. The minimum absolute atomic E-state index is 0.0201. The Morgan fingerprint density at radius 2 is 2.14 bits per heavy atom. The Hall–Kier alpha value is -2.96. The van der Waals surface area contributed by atoms with Crippen LogP contribution in [0.25, 0.3) is 10.9 Å². The van der Waals surface area contributed by atoms with Gasteiger partial charge in [-0.15, -0.1) is 10.2 Å². The van der Waals surface area contributed by atoms with E-state index in [1.807, 2.05) is 38.1 Å². The molecule has 2 aromatic heterocycles. The van der Waals surface area contributed by atoms with E-state index in [9.17, 15) is 9.90 Å². The van der Waals surface area contributed by atoms with Crippen LogP contribution in [0, 0.1) is 13.8 Å². The fraction of sp³-hybridized carbons (Fsp3) is 0.200. The largest absolute Gasteiger partial charge is 0.493 e. The highest BCUT2D eigenvalue weighted by molar-refractivity contribution is 5.94. The highest BCUT2D eigenvalue weighted by Gasteiger charge is 2.11. The Labute approximate surface area is 126 Å². The van der Waals surface area contributed by atoms with E-state index in [0.29, 0.717) is 5.39 Å². The number of azo groups is 1. The van der Waals surface area contributed by atoms with Crippen LogP contribution in [0.4, 0.5) is 5.69 Å². The number of carbonyl (C=O) groups is 1. The molecule has 7 nitrogen and oxygen atoms in total. The molecule has 1 amide bonds. The number of rotatable bonds is 3. The van der Waals surface area contributed by atoms with E-state index in [4.69, 9.17) is 0 Å². The number of nitrogens with one attached hydrogen (secondary N) is 1. The second kappa shape index (κ2) is 5.44. The van der Waals surface area contributed by atoms with Gasteiger partial charge in [0.2, 0.25) is 5.88 Å². The van der Waals surface area contributed by atoms with Crippen molar-refractivity contribution >= 4 is 22.5 Å². The van der Waals surface area contributed by atoms with Gasteiger partial charge in [-0.25, -0.2) is 0 Å². The van der Waals surface area contributed by atoms with Crippen molar-refractivity contribution in [2.24, 2.45) is 10.2 Å². The molecule has 0 aliphatic heterocycles. The standard InChI is InChI=1S/C15H15N5O2/c1-9-7-10(2)20(19-9)8-13(21)17-18-14-11-5-3-4-6-12(11)16-15(14)22/h3-7,16,22H,8H2,1-2H3. The topological polar surface area (TPSA) is 95.6 Å². The van der Waals surface area contributed by atoms with Gasteiger partial charge in [0.1, 0.15) is 6.54 Å². The maximum absolute atomic E-state index is 11.9. The lowest BCUT2D eigenvalue weighted by atomic mass is 10.2. The predicted octanol–water partition coefficient (Wildman–Crippen LogP) is 3.00. The summed E-state index contributed by atoms with van der Waals surface area (Å²) in [7, 11) is 0. The lowest BCUT2D eigenvalue weighted by Crippen LogP contribution is -2.10. The van der Waals surface area contributed by atoms with Gasteiger partial charge in [-0.1, -0.05) is 18.2 Å². The van der Waals surface area contributed by atoms with E-state index in [0.717, 1.165) is 16.9 Å². The van der Waals surface area contributed by atoms with Crippen LogP contribution < -0.4 is 0 Å². The number of aryl methyl sites for hydroxylation is 2. The van der Waals surface area contributed by atoms with Crippen LogP contribution in [0.3, 0.4) is 0 Å². The van der Waals surface area contributed by atoms with Gasteiger partial charge >= 0.3 is 0 Å². The van der Waals surface area contributed by atoms with Crippen LogP contribution in [0.15, 0.2) is 40.6 Å². The third kappa shape index (κ3) is 2.60. The molecule has 112 valence electrons. The van der Waals surface area contributed by atoms with Gasteiger partial charge < -0.3 is 10.1 Å². The fourth-order valence-corrected chi connectivity index (χ4v) is 2.31. The Morgan fingerprint density at radius 1 is 1.36 bits per heavy atom. The van der Waals surface area contributed by atoms with Crippen LogP contribution in [0.2, 0.25) is 0 Å². The van der Waals surface area contributed by atoms with Crippen molar-refractivity contribution in [3.8, 4) is 5.88 Å². The molecule has 0 saturated carbocycles. The Bertz CT molecular complexity index is 875. The maximum atomic E-state index is 11.9. The molecule has 2 heterocycles. The number of hydrogen-bond acceptors (Lipinski definition) is 4. The quantitative estimate of drug-likeness (QED) is 0.727. The number of aromatic amines is 1. The fourth-order valence-electron chi connectivity index (χ4n) is 2.31. The first kappa shape index (κ1) is 14.0. The highest BCUT2D eigenvalue weighted by atomic mass is 16.3. The Morgan fingerprint density at radius 3 is 2.86 bits per heavy atom. The average molecular weight is 297 g/mol. The molecular formula is C15H15N5O2. The molecular weight excluding hydrogens is 282 g/mol. The summed E-state index contributed by atoms with van der Waals surface area (Å²) in [5.74, 6) is -0.542. The van der Waals surface area contributed by atoms with E-state index in [2.05, 4.69) is 20.3 Å². The zero-order valence-electron chi connectivity index (χ0n) is 12.2. The van der Waals surface area contributed by atoms with Crippen LogP contribution in [0.1, 0.15) is 11.4 Å². The minimum Gasteiger partial charge on any atom is -0.493 e. The van der Waals surface area contributed by atoms with Crippen LogP contribution in [0.5, 0.6) is 5.88 Å². The van der Waals surface area contributed by atoms with Crippen molar-refractivity contribution in [2.75, 3.05) is 0 Å². The second-order valence-electron chi connectivity index (χ2n) is 5.05. The number of aromatic hydroxyl groups is 1. The summed E-state index contributed by atoms with van der Waals surface area (Å²) in [5, 5.41) is 22.3. The summed E-state index contributed by atoms with van der Waals surface area (Å²) in [6.45, 7) is 3.75. The molecule has 2 N–H and O–H groups in total. The molecule has 0 unspecified atom stereocenters. The van der Waals surface area contributed by atoms with E-state index in [-0.39, 0.29) is 18.1 Å². The monoisotopic (exact) mass is 297 g/mol. The Kier molecular flexibility index (Phi) is 3.46. The first-order valence-corrected chi connectivity index (χ1v) is 6.80. The number of aromatic nitrogens is 3. The summed E-state index contributed by atoms with van der Waals surface area (Å²) in [6, 6.07) is 9.16. The molecule has 0 aliphatic rings. The van der Waals surface area contributed by atoms with Gasteiger partial charge in [-0.05, 0) is 26.0 Å². The predicted molar refractivity (Wildman–Crippen MR) is 81.2 cm³/mol. The lowest BCUT2D eigenvalue weighted by Gasteiger charge is -1.99. The molecule has 22 heavy (non-hydrogen) atoms. The molecule has 0 bridgehead atoms. The van der Waals surface area contributed by atoms with Crippen LogP contribution >= 0.6 is 0 Å². The second-order valence-corrected chi connectivity index (χ2v) is 5.05. The summed E-state index contributed by atoms with van der Waals surface area (Å²) in [5.41, 5.74) is 2.73. The molecule has 7 heteroatoms. The van der Waals surface area contributed by atoms with Gasteiger partial charge in [0.05, 0.1) is 11.2 Å². The van der Waals surface area contributed by atoms with Crippen LogP contribution in [-0.2, 0) is 11.3 Å². The number of nitrogens with zero attached hydrogens (tertiary/aromatic N) is 4. The first-order valence-electron chi connectivity index (χ1n) is 6.80. The Balaban J connectivity index is 1.82. The van der Waals surface area contributed by atoms with E-state index in [1.165, 1.54) is 0 Å². The SMILES string of the molecule is Cc1cc(C)n(CC(=O)N=Nc2c(O)[nH]c3ccccc23)n1. The number of amides is 1. The zero-order valence-corrected chi connectivity index (χ0v) is 12.2. The normalized spacial score (nSPS) is 11.5. The molecule has 0 spiro atoms. The van der Waals surface area contributed by atoms with Crippen molar-refractivity contribution in [2.45, 2.75) is 20.4 Å². The van der Waals surface area contributed by atoms with Gasteiger partial charge in [-0.2, -0.15) is 5.10 Å². The molecule has 1 aromatic carbocycles. The van der Waals surface area contributed by atoms with Crippen molar-refractivity contribution in [3.05, 3.63) is 41.7 Å². The number of para-hydroxylation sites is 1. The smallest absolute Gasteiger partial charge is 0.286 e. The molecule has 0 fully saturated rings. The summed E-state index contributed by atoms with van der Waals surface area (Å²) >= 11 is 0. The molecule has 0 radical (unpaired) electrons. The van der Waals surface area contributed by atoms with Crippen molar-refractivity contribution in [1.29, 1.82) is 0 Å². The van der Waals surface area contributed by atoms with Crippen molar-refractivity contribution in [1.82, 2.24) is 14.8 Å². The van der Waals surface area contributed by atoms with Gasteiger partial charge in [0.15, 0.2) is 5.69 Å². The number of fused-ring (bicyclic) bond motifs is 1. The number of H-pyrrole nitrogens is 1. The van der Waals surface area contributed by atoms with Gasteiger partial charge in [0, 0.05) is 11.1 Å². The number of carbonyl (C=O) groups excluding carboxylic acids is 1. The molecule has 0 atom stereocenters. The van der Waals surface area contributed by atoms with E-state index in [1.54, 1.807) is 10.7 Å². The summed E-state index contributed by atoms with van der Waals surface area (Å²) in [6.07, 6.45) is 0. The summed E-state index contributed by atoms with van der Waals surface area (Å²) < 4.78 is 1.58. The van der Waals surface area contributed by atoms with Crippen molar-refractivity contribution < 1.29 is 9.90 Å². The first-order chi connectivity index (χ1) is 10.5. The lowest BCUT2D eigenvalue weighted by molar-refractivity contribution is -0.119. The zero-order chi connectivity index (χ0) is 15.7. The van der Waals surface area contributed by atoms with Gasteiger partial charge in [-0.3, -0.25) is 9.48 Å².